The molecule has 12 nitrogen and oxygen atoms in total. The van der Waals surface area contributed by atoms with Crippen molar-refractivity contribution in [3.63, 3.8) is 0 Å². The van der Waals surface area contributed by atoms with Crippen molar-refractivity contribution in [3.05, 3.63) is 63.1 Å². The summed E-state index contributed by atoms with van der Waals surface area (Å²) in [6, 6.07) is 8.38. The van der Waals surface area contributed by atoms with E-state index in [1.165, 1.54) is 22.8 Å². The summed E-state index contributed by atoms with van der Waals surface area (Å²) in [5.74, 6) is -3.19. The van der Waals surface area contributed by atoms with E-state index in [-0.39, 0.29) is 48.6 Å². The highest BCUT2D eigenvalue weighted by atomic mass is 32.2. The third kappa shape index (κ3) is 4.72. The average molecular weight is 600 g/mol. The molecule has 0 N–H and O–H groups in total. The Morgan fingerprint density at radius 2 is 1.86 bits per heavy atom. The third-order valence-electron chi connectivity index (χ3n) is 8.14. The molecule has 2 fully saturated rings. The monoisotopic (exact) mass is 599 g/mol. The molecule has 1 spiro atoms. The molecule has 2 atom stereocenters. The first-order chi connectivity index (χ1) is 20.0. The molecule has 0 bridgehead atoms. The van der Waals surface area contributed by atoms with Gasteiger partial charge >= 0.3 is 11.9 Å². The lowest BCUT2D eigenvalue weighted by molar-refractivity contribution is -0.187. The standard InChI is InChI=1S/C29H33N3O9S/c1-4-28(27(35)38-5-2,22-17-24-29(39-15-16-40-29)12-14-31(24)25(33)21(22)18-30)41-26(34)23-7-6-13-32(23)42(36,37)20-10-8-19(3)9-11-20/h8-11,17,23H,4-7,12-16H2,1-3H3/t23?,28-/m0/s1. The van der Waals surface area contributed by atoms with Crippen LogP contribution in [0.2, 0.25) is 0 Å². The number of ether oxygens (including phenoxy) is 4. The van der Waals surface area contributed by atoms with Crippen LogP contribution < -0.4 is 5.56 Å². The largest absolute Gasteiger partial charge is 0.463 e. The highest BCUT2D eigenvalue weighted by Crippen LogP contribution is 2.43. The normalized spacial score (nSPS) is 21.0. The second-order valence-corrected chi connectivity index (χ2v) is 12.4. The number of hydrogen-bond donors (Lipinski definition) is 0. The molecule has 3 aliphatic heterocycles. The number of carbonyl (C=O) groups is 2. The van der Waals surface area contributed by atoms with Gasteiger partial charge < -0.3 is 23.5 Å². The van der Waals surface area contributed by atoms with Crippen LogP contribution in [0.15, 0.2) is 40.0 Å². The average Bonchev–Trinajstić information content (AvgIpc) is 3.74. The number of pyridine rings is 1. The topological polar surface area (TPSA) is 154 Å². The highest BCUT2D eigenvalue weighted by Gasteiger charge is 2.53. The molecule has 1 aromatic carbocycles. The van der Waals surface area contributed by atoms with Gasteiger partial charge in [0.25, 0.3) is 5.56 Å². The van der Waals surface area contributed by atoms with Crippen LogP contribution in [0.4, 0.5) is 0 Å². The third-order valence-corrected chi connectivity index (χ3v) is 10.1. The number of fused-ring (bicyclic) bond motifs is 2. The first kappa shape index (κ1) is 29.9. The molecule has 4 heterocycles. The number of nitriles is 1. The smallest absolute Gasteiger partial charge is 0.355 e. The lowest BCUT2D eigenvalue weighted by Crippen LogP contribution is -2.49. The minimum absolute atomic E-state index is 0.0280. The molecule has 2 saturated heterocycles. The van der Waals surface area contributed by atoms with Crippen LogP contribution in [0.5, 0.6) is 0 Å². The zero-order valence-corrected chi connectivity index (χ0v) is 24.6. The summed E-state index contributed by atoms with van der Waals surface area (Å²) < 4.78 is 52.5. The number of nitrogens with zero attached hydrogens (tertiary/aromatic N) is 3. The van der Waals surface area contributed by atoms with Gasteiger partial charge in [-0.1, -0.05) is 24.6 Å². The zero-order valence-electron chi connectivity index (χ0n) is 23.8. The number of rotatable bonds is 8. The Hall–Kier alpha value is -3.57. The van der Waals surface area contributed by atoms with Crippen LogP contribution >= 0.6 is 0 Å². The molecular formula is C29H33N3O9S. The Morgan fingerprint density at radius 3 is 2.48 bits per heavy atom. The molecule has 42 heavy (non-hydrogen) atoms. The summed E-state index contributed by atoms with van der Waals surface area (Å²) in [4.78, 5) is 41.1. The molecular weight excluding hydrogens is 566 g/mol. The molecule has 0 aliphatic carbocycles. The van der Waals surface area contributed by atoms with Crippen molar-refractivity contribution < 1.29 is 37.0 Å². The molecule has 3 aliphatic rings. The fourth-order valence-electron chi connectivity index (χ4n) is 5.95. The van der Waals surface area contributed by atoms with E-state index in [4.69, 9.17) is 18.9 Å². The van der Waals surface area contributed by atoms with E-state index in [1.807, 2.05) is 13.0 Å². The molecule has 1 unspecified atom stereocenters. The van der Waals surface area contributed by atoms with E-state index in [0.717, 1.165) is 9.87 Å². The maximum Gasteiger partial charge on any atom is 0.355 e. The first-order valence-corrected chi connectivity index (χ1v) is 15.4. The molecule has 0 radical (unpaired) electrons. The predicted octanol–water partition coefficient (Wildman–Crippen LogP) is 2.20. The number of hydrogen-bond acceptors (Lipinski definition) is 10. The number of benzene rings is 1. The molecule has 5 rings (SSSR count). The summed E-state index contributed by atoms with van der Waals surface area (Å²) in [5.41, 5.74) is -2.24. The summed E-state index contributed by atoms with van der Waals surface area (Å²) in [5, 5.41) is 10.1. The van der Waals surface area contributed by atoms with Gasteiger partial charge in [-0.2, -0.15) is 9.57 Å². The Bertz CT molecular complexity index is 1600. The van der Waals surface area contributed by atoms with Gasteiger partial charge in [-0.25, -0.2) is 13.2 Å². The van der Waals surface area contributed by atoms with Gasteiger partial charge in [-0.15, -0.1) is 0 Å². The summed E-state index contributed by atoms with van der Waals surface area (Å²) in [6.45, 7) is 5.79. The van der Waals surface area contributed by atoms with Crippen LogP contribution in [0.25, 0.3) is 0 Å². The number of carbonyl (C=O) groups excluding carboxylic acids is 2. The lowest BCUT2D eigenvalue weighted by atomic mass is 9.86. The lowest BCUT2D eigenvalue weighted by Gasteiger charge is -2.34. The van der Waals surface area contributed by atoms with E-state index in [0.29, 0.717) is 31.7 Å². The fraction of sp³-hybridized carbons (Fsp3) is 0.517. The van der Waals surface area contributed by atoms with Crippen molar-refractivity contribution in [2.45, 2.75) is 75.3 Å². The number of sulfonamides is 1. The Morgan fingerprint density at radius 1 is 1.17 bits per heavy atom. The SMILES string of the molecule is CCOC(=O)[C@@](CC)(OC(=O)C1CCCN1S(=O)(=O)c1ccc(C)cc1)c1cc2n(c(=O)c1C#N)CCC21OCCO1. The van der Waals surface area contributed by atoms with Crippen molar-refractivity contribution in [2.75, 3.05) is 26.4 Å². The van der Waals surface area contributed by atoms with Crippen molar-refractivity contribution in [1.82, 2.24) is 8.87 Å². The van der Waals surface area contributed by atoms with Gasteiger partial charge in [0.2, 0.25) is 21.4 Å². The van der Waals surface area contributed by atoms with E-state index in [9.17, 15) is 28.1 Å². The first-order valence-electron chi connectivity index (χ1n) is 14.0. The van der Waals surface area contributed by atoms with Crippen LogP contribution in [0.3, 0.4) is 0 Å². The van der Waals surface area contributed by atoms with Gasteiger partial charge in [0.1, 0.15) is 17.7 Å². The number of aryl methyl sites for hydroxylation is 1. The van der Waals surface area contributed by atoms with Gasteiger partial charge in [-0.05, 0) is 51.3 Å². The Balaban J connectivity index is 1.59. The van der Waals surface area contributed by atoms with Gasteiger partial charge in [0.15, 0.2) is 0 Å². The zero-order chi connectivity index (χ0) is 30.3. The van der Waals surface area contributed by atoms with Crippen LogP contribution in [0.1, 0.15) is 61.9 Å². The van der Waals surface area contributed by atoms with Crippen LogP contribution in [-0.2, 0) is 56.5 Å². The van der Waals surface area contributed by atoms with Crippen LogP contribution in [-0.4, -0.2) is 61.6 Å². The van der Waals surface area contributed by atoms with E-state index in [1.54, 1.807) is 26.0 Å². The fourth-order valence-corrected chi connectivity index (χ4v) is 7.60. The predicted molar refractivity (Wildman–Crippen MR) is 146 cm³/mol. The van der Waals surface area contributed by atoms with Gasteiger partial charge in [-0.3, -0.25) is 9.59 Å². The minimum Gasteiger partial charge on any atom is -0.463 e. The van der Waals surface area contributed by atoms with E-state index in [2.05, 4.69) is 0 Å². The molecule has 1 aromatic heterocycles. The second-order valence-electron chi connectivity index (χ2n) is 10.5. The quantitative estimate of drug-likeness (QED) is 0.413. The Kier molecular flexibility index (Phi) is 8.02. The molecule has 224 valence electrons. The molecule has 2 aromatic rings. The van der Waals surface area contributed by atoms with Crippen molar-refractivity contribution in [1.29, 1.82) is 5.26 Å². The van der Waals surface area contributed by atoms with Crippen molar-refractivity contribution >= 4 is 22.0 Å². The van der Waals surface area contributed by atoms with Gasteiger partial charge in [0, 0.05) is 25.1 Å². The molecule has 0 saturated carbocycles. The van der Waals surface area contributed by atoms with Crippen molar-refractivity contribution in [3.8, 4) is 6.07 Å². The molecule has 13 heteroatoms. The second kappa shape index (κ2) is 11.3. The highest BCUT2D eigenvalue weighted by molar-refractivity contribution is 7.89. The number of esters is 2. The summed E-state index contributed by atoms with van der Waals surface area (Å²) in [6.07, 6.45) is 0.684. The Labute approximate surface area is 243 Å². The maximum atomic E-state index is 13.9. The van der Waals surface area contributed by atoms with E-state index >= 15 is 0 Å². The van der Waals surface area contributed by atoms with E-state index < -0.39 is 45.0 Å². The number of aromatic nitrogens is 1. The maximum absolute atomic E-state index is 13.9. The van der Waals surface area contributed by atoms with Crippen molar-refractivity contribution in [2.24, 2.45) is 0 Å². The summed E-state index contributed by atoms with van der Waals surface area (Å²) >= 11 is 0. The summed E-state index contributed by atoms with van der Waals surface area (Å²) in [7, 11) is -4.07. The minimum atomic E-state index is -4.07. The van der Waals surface area contributed by atoms with Gasteiger partial charge in [0.05, 0.1) is 30.4 Å². The molecule has 0 amide bonds. The van der Waals surface area contributed by atoms with Crippen LogP contribution in [0, 0.1) is 18.3 Å².